The number of carbonyl (C=O) groups excluding carboxylic acids is 1. The molecule has 0 saturated carbocycles. The smallest absolute Gasteiger partial charge is 0.416 e. The minimum atomic E-state index is -5.15. The standard InChI is InChI=1S/C23H19ClF6N2O5S2/c1-4-37-16-6-5-15(10-17(16)36-3)32(2)39(34,35)18-11-19(24)38-20(18)21(33)31-14-8-12(22(25,26)27)7-13(9-14)23(28,29)30/h5-11H,4H2,1-3H3,(H,31,33). The van der Waals surface area contributed by atoms with Crippen molar-refractivity contribution in [3.8, 4) is 11.5 Å². The van der Waals surface area contributed by atoms with Crippen molar-refractivity contribution >= 4 is 50.2 Å². The first-order chi connectivity index (χ1) is 18.0. The molecule has 212 valence electrons. The fourth-order valence-electron chi connectivity index (χ4n) is 3.32. The van der Waals surface area contributed by atoms with Crippen molar-refractivity contribution in [1.82, 2.24) is 0 Å². The number of amides is 1. The molecular weight excluding hydrogens is 598 g/mol. The molecule has 0 aliphatic carbocycles. The molecular formula is C23H19ClF6N2O5S2. The number of sulfonamides is 1. The summed E-state index contributed by atoms with van der Waals surface area (Å²) in [6.07, 6.45) is -10.3. The maximum absolute atomic E-state index is 13.4. The zero-order chi connectivity index (χ0) is 29.3. The Morgan fingerprint density at radius 1 is 1.00 bits per heavy atom. The number of thiophene rings is 1. The quantitative estimate of drug-likeness (QED) is 0.278. The van der Waals surface area contributed by atoms with E-state index in [0.717, 1.165) is 10.4 Å². The molecule has 3 rings (SSSR count). The lowest BCUT2D eigenvalue weighted by atomic mass is 10.1. The third-order valence-corrected chi connectivity index (χ3v) is 8.37. The second-order valence-corrected chi connectivity index (χ2v) is 11.4. The van der Waals surface area contributed by atoms with E-state index in [9.17, 15) is 39.6 Å². The summed E-state index contributed by atoms with van der Waals surface area (Å²) < 4.78 is 117. The first-order valence-corrected chi connectivity index (χ1v) is 13.3. The van der Waals surface area contributed by atoms with Gasteiger partial charge in [-0.2, -0.15) is 26.3 Å². The summed E-state index contributed by atoms with van der Waals surface area (Å²) in [5, 5.41) is 1.92. The van der Waals surface area contributed by atoms with E-state index in [1.54, 1.807) is 6.92 Å². The minimum absolute atomic E-state index is 0.0941. The van der Waals surface area contributed by atoms with Crippen LogP contribution in [0, 0.1) is 0 Å². The Balaban J connectivity index is 2.01. The highest BCUT2D eigenvalue weighted by molar-refractivity contribution is 7.93. The first kappa shape index (κ1) is 30.4. The molecule has 2 aromatic carbocycles. The number of alkyl halides is 6. The Kier molecular flexibility index (Phi) is 8.67. The lowest BCUT2D eigenvalue weighted by Gasteiger charge is -2.21. The summed E-state index contributed by atoms with van der Waals surface area (Å²) in [5.74, 6) is -0.731. The maximum atomic E-state index is 13.4. The predicted molar refractivity (Wildman–Crippen MR) is 133 cm³/mol. The first-order valence-electron chi connectivity index (χ1n) is 10.7. The Morgan fingerprint density at radius 2 is 1.59 bits per heavy atom. The van der Waals surface area contributed by atoms with Gasteiger partial charge in [0, 0.05) is 18.8 Å². The maximum Gasteiger partial charge on any atom is 0.416 e. The molecule has 39 heavy (non-hydrogen) atoms. The molecule has 0 aliphatic heterocycles. The van der Waals surface area contributed by atoms with Gasteiger partial charge in [0.15, 0.2) is 11.5 Å². The van der Waals surface area contributed by atoms with E-state index >= 15 is 0 Å². The summed E-state index contributed by atoms with van der Waals surface area (Å²) in [6.45, 7) is 2.05. The number of ether oxygens (including phenoxy) is 2. The summed E-state index contributed by atoms with van der Waals surface area (Å²) in [7, 11) is -2.00. The average molecular weight is 617 g/mol. The van der Waals surface area contributed by atoms with E-state index < -0.39 is 54.9 Å². The third-order valence-electron chi connectivity index (χ3n) is 5.17. The zero-order valence-electron chi connectivity index (χ0n) is 20.2. The van der Waals surface area contributed by atoms with E-state index in [0.29, 0.717) is 35.8 Å². The SMILES string of the molecule is CCOc1ccc(N(C)S(=O)(=O)c2cc(Cl)sc2C(=O)Nc2cc(C(F)(F)F)cc(C(F)(F)F)c2)cc1OC. The lowest BCUT2D eigenvalue weighted by molar-refractivity contribution is -0.143. The van der Waals surface area contributed by atoms with Gasteiger partial charge in [0.2, 0.25) is 0 Å². The molecule has 0 bridgehead atoms. The van der Waals surface area contributed by atoms with Gasteiger partial charge in [-0.05, 0) is 43.3 Å². The zero-order valence-corrected chi connectivity index (χ0v) is 22.6. The number of carbonyl (C=O) groups is 1. The number of nitrogens with one attached hydrogen (secondary N) is 1. The van der Waals surface area contributed by atoms with Crippen LogP contribution >= 0.6 is 22.9 Å². The monoisotopic (exact) mass is 616 g/mol. The molecule has 0 spiro atoms. The fraction of sp³-hybridized carbons (Fsp3) is 0.261. The number of hydrogen-bond acceptors (Lipinski definition) is 6. The van der Waals surface area contributed by atoms with E-state index in [2.05, 4.69) is 0 Å². The number of hydrogen-bond donors (Lipinski definition) is 1. The van der Waals surface area contributed by atoms with Crippen LogP contribution in [0.1, 0.15) is 27.7 Å². The largest absolute Gasteiger partial charge is 0.493 e. The second kappa shape index (κ2) is 11.1. The molecule has 1 aromatic heterocycles. The van der Waals surface area contributed by atoms with Gasteiger partial charge in [-0.1, -0.05) is 11.6 Å². The Bertz CT molecular complexity index is 1460. The van der Waals surface area contributed by atoms with Crippen molar-refractivity contribution in [2.45, 2.75) is 24.2 Å². The Morgan fingerprint density at radius 3 is 2.10 bits per heavy atom. The van der Waals surface area contributed by atoms with E-state index in [4.69, 9.17) is 21.1 Å². The van der Waals surface area contributed by atoms with E-state index in [-0.39, 0.29) is 21.8 Å². The molecule has 0 fully saturated rings. The van der Waals surface area contributed by atoms with Crippen molar-refractivity contribution in [3.05, 3.63) is 62.8 Å². The molecule has 0 atom stereocenters. The van der Waals surface area contributed by atoms with Crippen molar-refractivity contribution in [2.24, 2.45) is 0 Å². The van der Waals surface area contributed by atoms with Crippen molar-refractivity contribution < 1.29 is 49.0 Å². The van der Waals surface area contributed by atoms with E-state index in [1.165, 1.54) is 32.4 Å². The number of rotatable bonds is 8. The molecule has 0 radical (unpaired) electrons. The van der Waals surface area contributed by atoms with Gasteiger partial charge in [-0.15, -0.1) is 11.3 Å². The van der Waals surface area contributed by atoms with Crippen LogP contribution in [0.3, 0.4) is 0 Å². The highest BCUT2D eigenvalue weighted by atomic mass is 35.5. The molecule has 16 heteroatoms. The predicted octanol–water partition coefficient (Wildman–Crippen LogP) is 6.92. The van der Waals surface area contributed by atoms with Crippen molar-refractivity contribution in [1.29, 1.82) is 0 Å². The van der Waals surface area contributed by atoms with Crippen LogP contribution in [-0.2, 0) is 22.4 Å². The number of anilines is 2. The minimum Gasteiger partial charge on any atom is -0.493 e. The molecule has 3 aromatic rings. The van der Waals surface area contributed by atoms with E-state index in [1.807, 2.05) is 5.32 Å². The molecule has 7 nitrogen and oxygen atoms in total. The molecule has 1 amide bonds. The summed E-state index contributed by atoms with van der Waals surface area (Å²) in [5.41, 5.74) is -4.07. The van der Waals surface area contributed by atoms with Crippen molar-refractivity contribution in [3.63, 3.8) is 0 Å². The second-order valence-electron chi connectivity index (χ2n) is 7.73. The normalized spacial score (nSPS) is 12.3. The van der Waals surface area contributed by atoms with Gasteiger partial charge in [-0.3, -0.25) is 9.10 Å². The third kappa shape index (κ3) is 6.70. The van der Waals surface area contributed by atoms with Crippen molar-refractivity contribution in [2.75, 3.05) is 30.4 Å². The van der Waals surface area contributed by atoms with Crippen LogP contribution in [0.2, 0.25) is 4.34 Å². The van der Waals surface area contributed by atoms with Crippen LogP contribution in [0.4, 0.5) is 37.7 Å². The van der Waals surface area contributed by atoms with Gasteiger partial charge >= 0.3 is 12.4 Å². The highest BCUT2D eigenvalue weighted by Crippen LogP contribution is 2.39. The number of nitrogens with zero attached hydrogens (tertiary/aromatic N) is 1. The fourth-order valence-corrected chi connectivity index (χ4v) is 6.20. The highest BCUT2D eigenvalue weighted by Gasteiger charge is 2.37. The molecule has 1 N–H and O–H groups in total. The Hall–Kier alpha value is -3.17. The number of methoxy groups -OCH3 is 1. The summed E-state index contributed by atoms with van der Waals surface area (Å²) in [6, 6.07) is 5.67. The summed E-state index contributed by atoms with van der Waals surface area (Å²) in [4.78, 5) is 11.8. The molecule has 0 saturated heterocycles. The average Bonchev–Trinajstić information content (AvgIpc) is 3.25. The van der Waals surface area contributed by atoms with Crippen LogP contribution < -0.4 is 19.1 Å². The summed E-state index contributed by atoms with van der Waals surface area (Å²) >= 11 is 6.44. The van der Waals surface area contributed by atoms with Gasteiger partial charge in [0.05, 0.1) is 34.9 Å². The Labute approximate surface area is 227 Å². The van der Waals surface area contributed by atoms with Gasteiger partial charge in [0.1, 0.15) is 9.77 Å². The number of benzene rings is 2. The molecule has 0 unspecified atom stereocenters. The number of halogens is 7. The molecule has 1 heterocycles. The van der Waals surface area contributed by atoms with Crippen LogP contribution in [0.25, 0.3) is 0 Å². The van der Waals surface area contributed by atoms with Gasteiger partial charge < -0.3 is 14.8 Å². The topological polar surface area (TPSA) is 84.9 Å². The van der Waals surface area contributed by atoms with Crippen LogP contribution in [0.15, 0.2) is 47.4 Å². The lowest BCUT2D eigenvalue weighted by Crippen LogP contribution is -2.28. The van der Waals surface area contributed by atoms with Crippen LogP contribution in [0.5, 0.6) is 11.5 Å². The van der Waals surface area contributed by atoms with Gasteiger partial charge in [-0.25, -0.2) is 8.42 Å². The molecule has 0 aliphatic rings. The van der Waals surface area contributed by atoms with Gasteiger partial charge in [0.25, 0.3) is 15.9 Å². The van der Waals surface area contributed by atoms with Crippen LogP contribution in [-0.4, -0.2) is 35.1 Å².